The van der Waals surface area contributed by atoms with Gasteiger partial charge in [0.2, 0.25) is 0 Å². The van der Waals surface area contributed by atoms with E-state index in [1.54, 1.807) is 12.1 Å². The number of fused-ring (bicyclic) bond motifs is 1. The van der Waals surface area contributed by atoms with Crippen molar-refractivity contribution in [3.8, 4) is 0 Å². The first-order valence-electron chi connectivity index (χ1n) is 8.89. The SMILES string of the molecule is O=[N+]([O-])c1cc2c(NCc3ccccc3)ncnc2cc1N1CCNCC1. The first kappa shape index (κ1) is 17.2. The molecule has 138 valence electrons. The molecule has 0 radical (unpaired) electrons. The Morgan fingerprint density at radius 3 is 2.67 bits per heavy atom. The summed E-state index contributed by atoms with van der Waals surface area (Å²) in [6.07, 6.45) is 1.49. The molecule has 0 saturated carbocycles. The number of anilines is 2. The predicted octanol–water partition coefficient (Wildman–Crippen LogP) is 2.56. The fraction of sp³-hybridized carbons (Fsp3) is 0.263. The average Bonchev–Trinajstić information content (AvgIpc) is 2.72. The number of piperazine rings is 1. The van der Waals surface area contributed by atoms with Crippen LogP contribution in [0.4, 0.5) is 17.2 Å². The zero-order valence-electron chi connectivity index (χ0n) is 14.8. The van der Waals surface area contributed by atoms with Gasteiger partial charge in [0.05, 0.1) is 10.4 Å². The summed E-state index contributed by atoms with van der Waals surface area (Å²) in [5.74, 6) is 0.596. The summed E-state index contributed by atoms with van der Waals surface area (Å²) >= 11 is 0. The van der Waals surface area contributed by atoms with Gasteiger partial charge in [-0.2, -0.15) is 0 Å². The predicted molar refractivity (Wildman–Crippen MR) is 105 cm³/mol. The van der Waals surface area contributed by atoms with Crippen LogP contribution in [0.5, 0.6) is 0 Å². The highest BCUT2D eigenvalue weighted by atomic mass is 16.6. The molecule has 27 heavy (non-hydrogen) atoms. The second-order valence-electron chi connectivity index (χ2n) is 6.41. The Kier molecular flexibility index (Phi) is 4.80. The van der Waals surface area contributed by atoms with Crippen molar-refractivity contribution >= 4 is 28.1 Å². The van der Waals surface area contributed by atoms with Crippen LogP contribution in [-0.2, 0) is 6.54 Å². The van der Waals surface area contributed by atoms with Gasteiger partial charge in [0.1, 0.15) is 17.8 Å². The third-order valence-corrected chi connectivity index (χ3v) is 4.69. The maximum absolute atomic E-state index is 11.7. The molecular weight excluding hydrogens is 344 g/mol. The van der Waals surface area contributed by atoms with Crippen LogP contribution >= 0.6 is 0 Å². The molecule has 2 heterocycles. The number of nitrogens with zero attached hydrogens (tertiary/aromatic N) is 4. The van der Waals surface area contributed by atoms with E-state index in [1.165, 1.54) is 6.33 Å². The normalized spacial score (nSPS) is 14.3. The van der Waals surface area contributed by atoms with E-state index in [9.17, 15) is 10.1 Å². The summed E-state index contributed by atoms with van der Waals surface area (Å²) in [5.41, 5.74) is 2.50. The van der Waals surface area contributed by atoms with E-state index in [1.807, 2.05) is 35.2 Å². The third-order valence-electron chi connectivity index (χ3n) is 4.69. The lowest BCUT2D eigenvalue weighted by Crippen LogP contribution is -2.43. The van der Waals surface area contributed by atoms with Crippen molar-refractivity contribution in [1.82, 2.24) is 15.3 Å². The molecule has 2 N–H and O–H groups in total. The number of aromatic nitrogens is 2. The molecule has 0 atom stereocenters. The molecule has 0 spiro atoms. The second-order valence-corrected chi connectivity index (χ2v) is 6.41. The standard InChI is InChI=1S/C19H20N6O2/c26-25(27)18-10-15-16(11-17(18)24-8-6-20-7-9-24)22-13-23-19(15)21-12-14-4-2-1-3-5-14/h1-5,10-11,13,20H,6-9,12H2,(H,21,22,23). The van der Waals surface area contributed by atoms with Gasteiger partial charge in [0.15, 0.2) is 0 Å². The number of hydrogen-bond acceptors (Lipinski definition) is 7. The molecule has 1 aliphatic heterocycles. The zero-order valence-corrected chi connectivity index (χ0v) is 14.8. The number of nitrogens with one attached hydrogen (secondary N) is 2. The van der Waals surface area contributed by atoms with Gasteiger partial charge in [-0.15, -0.1) is 0 Å². The largest absolute Gasteiger partial charge is 0.365 e. The molecule has 1 aromatic heterocycles. The summed E-state index contributed by atoms with van der Waals surface area (Å²) in [4.78, 5) is 22.0. The Balaban J connectivity index is 1.71. The Morgan fingerprint density at radius 2 is 1.93 bits per heavy atom. The molecule has 1 saturated heterocycles. The van der Waals surface area contributed by atoms with Gasteiger partial charge in [-0.1, -0.05) is 30.3 Å². The van der Waals surface area contributed by atoms with Crippen molar-refractivity contribution in [2.24, 2.45) is 0 Å². The fourth-order valence-corrected chi connectivity index (χ4v) is 3.31. The Hall–Kier alpha value is -3.26. The van der Waals surface area contributed by atoms with Crippen LogP contribution in [0.25, 0.3) is 10.9 Å². The van der Waals surface area contributed by atoms with E-state index in [0.29, 0.717) is 29.0 Å². The van der Waals surface area contributed by atoms with E-state index in [0.717, 1.165) is 31.7 Å². The number of rotatable bonds is 5. The summed E-state index contributed by atoms with van der Waals surface area (Å²) in [6.45, 7) is 3.67. The second kappa shape index (κ2) is 7.55. The lowest BCUT2D eigenvalue weighted by Gasteiger charge is -2.29. The van der Waals surface area contributed by atoms with Crippen molar-refractivity contribution in [2.45, 2.75) is 6.54 Å². The Labute approximate surface area is 156 Å². The van der Waals surface area contributed by atoms with E-state index >= 15 is 0 Å². The monoisotopic (exact) mass is 364 g/mol. The minimum absolute atomic E-state index is 0.0851. The van der Waals surface area contributed by atoms with Gasteiger partial charge < -0.3 is 15.5 Å². The van der Waals surface area contributed by atoms with Crippen LogP contribution in [0.15, 0.2) is 48.8 Å². The van der Waals surface area contributed by atoms with Crippen molar-refractivity contribution < 1.29 is 4.92 Å². The van der Waals surface area contributed by atoms with Gasteiger partial charge in [0, 0.05) is 44.2 Å². The summed E-state index contributed by atoms with van der Waals surface area (Å²) in [7, 11) is 0. The van der Waals surface area contributed by atoms with Crippen LogP contribution < -0.4 is 15.5 Å². The van der Waals surface area contributed by atoms with E-state index in [2.05, 4.69) is 20.6 Å². The van der Waals surface area contributed by atoms with E-state index in [4.69, 9.17) is 0 Å². The van der Waals surface area contributed by atoms with Gasteiger partial charge >= 0.3 is 0 Å². The fourth-order valence-electron chi connectivity index (χ4n) is 3.31. The minimum atomic E-state index is -0.329. The van der Waals surface area contributed by atoms with Gasteiger partial charge in [-0.05, 0) is 11.6 Å². The number of hydrogen-bond donors (Lipinski definition) is 2. The first-order valence-corrected chi connectivity index (χ1v) is 8.89. The van der Waals surface area contributed by atoms with Crippen molar-refractivity contribution in [1.29, 1.82) is 0 Å². The first-order chi connectivity index (χ1) is 13.2. The molecule has 1 aliphatic rings. The third kappa shape index (κ3) is 3.65. The summed E-state index contributed by atoms with van der Waals surface area (Å²) in [5, 5.41) is 18.9. The van der Waals surface area contributed by atoms with Crippen molar-refractivity contribution in [3.05, 3.63) is 64.5 Å². The van der Waals surface area contributed by atoms with Crippen LogP contribution in [0.3, 0.4) is 0 Å². The maximum Gasteiger partial charge on any atom is 0.293 e. The maximum atomic E-state index is 11.7. The number of nitro benzene ring substituents is 1. The van der Waals surface area contributed by atoms with Gasteiger partial charge in [-0.25, -0.2) is 9.97 Å². The molecule has 0 amide bonds. The van der Waals surface area contributed by atoms with Crippen molar-refractivity contribution in [2.75, 3.05) is 36.4 Å². The quantitative estimate of drug-likeness (QED) is 0.530. The molecule has 3 aromatic rings. The molecule has 4 rings (SSSR count). The highest BCUT2D eigenvalue weighted by molar-refractivity contribution is 5.94. The van der Waals surface area contributed by atoms with Crippen molar-refractivity contribution in [3.63, 3.8) is 0 Å². The smallest absolute Gasteiger partial charge is 0.293 e. The molecule has 2 aromatic carbocycles. The summed E-state index contributed by atoms with van der Waals surface area (Å²) < 4.78 is 0. The molecule has 8 heteroatoms. The Morgan fingerprint density at radius 1 is 1.15 bits per heavy atom. The minimum Gasteiger partial charge on any atom is -0.365 e. The highest BCUT2D eigenvalue weighted by Gasteiger charge is 2.23. The van der Waals surface area contributed by atoms with Crippen LogP contribution in [0.2, 0.25) is 0 Å². The molecule has 8 nitrogen and oxygen atoms in total. The molecule has 0 aliphatic carbocycles. The topological polar surface area (TPSA) is 96.2 Å². The van der Waals surface area contributed by atoms with Crippen LogP contribution in [0.1, 0.15) is 5.56 Å². The zero-order chi connectivity index (χ0) is 18.6. The lowest BCUT2D eigenvalue weighted by molar-refractivity contribution is -0.384. The molecule has 1 fully saturated rings. The van der Waals surface area contributed by atoms with Crippen LogP contribution in [0, 0.1) is 10.1 Å². The molecule has 0 bridgehead atoms. The van der Waals surface area contributed by atoms with Crippen LogP contribution in [-0.4, -0.2) is 41.1 Å². The Bertz CT molecular complexity index is 957. The van der Waals surface area contributed by atoms with Gasteiger partial charge in [-0.3, -0.25) is 10.1 Å². The molecule has 0 unspecified atom stereocenters. The van der Waals surface area contributed by atoms with Gasteiger partial charge in [0.25, 0.3) is 5.69 Å². The average molecular weight is 364 g/mol. The van der Waals surface area contributed by atoms with E-state index < -0.39 is 0 Å². The lowest BCUT2D eigenvalue weighted by atomic mass is 10.1. The molecular formula is C19H20N6O2. The summed E-state index contributed by atoms with van der Waals surface area (Å²) in [6, 6.07) is 13.3. The van der Waals surface area contributed by atoms with E-state index in [-0.39, 0.29) is 10.6 Å². The number of benzene rings is 2. The number of nitro groups is 1. The highest BCUT2D eigenvalue weighted by Crippen LogP contribution is 2.34.